The fourth-order valence-corrected chi connectivity index (χ4v) is 4.10. The van der Waals surface area contributed by atoms with Crippen LogP contribution in [0.2, 0.25) is 0 Å². The highest BCUT2D eigenvalue weighted by Crippen LogP contribution is 2.40. The van der Waals surface area contributed by atoms with Gasteiger partial charge < -0.3 is 10.1 Å². The quantitative estimate of drug-likeness (QED) is 0.670. The van der Waals surface area contributed by atoms with Gasteiger partial charge >= 0.3 is 6.36 Å². The summed E-state index contributed by atoms with van der Waals surface area (Å²) in [5.41, 5.74) is 0.329. The van der Waals surface area contributed by atoms with E-state index in [0.29, 0.717) is 5.56 Å². The van der Waals surface area contributed by atoms with Crippen LogP contribution in [0.3, 0.4) is 0 Å². The number of benzene rings is 1. The van der Waals surface area contributed by atoms with Gasteiger partial charge in [0.15, 0.2) is 0 Å². The van der Waals surface area contributed by atoms with Crippen molar-refractivity contribution in [3.05, 3.63) is 29.6 Å². The first kappa shape index (κ1) is 24.3. The van der Waals surface area contributed by atoms with E-state index >= 15 is 0 Å². The van der Waals surface area contributed by atoms with Gasteiger partial charge in [-0.3, -0.25) is 4.90 Å². The smallest absolute Gasteiger partial charge is 0.406 e. The SMILES string of the molecule is Cl.Cl.Fc1ccc(OC(F)(F)F)cc1[C@H](C1CCCCC1)N1CCNCC1. The van der Waals surface area contributed by atoms with Crippen LogP contribution < -0.4 is 10.1 Å². The predicted molar refractivity (Wildman–Crippen MR) is 101 cm³/mol. The molecule has 1 aromatic carbocycles. The second kappa shape index (κ2) is 10.7. The third kappa shape index (κ3) is 6.66. The lowest BCUT2D eigenvalue weighted by molar-refractivity contribution is -0.274. The summed E-state index contributed by atoms with van der Waals surface area (Å²) in [6.07, 6.45) is 0.549. The first-order valence-electron chi connectivity index (χ1n) is 8.94. The van der Waals surface area contributed by atoms with Crippen LogP contribution in [0.1, 0.15) is 43.7 Å². The van der Waals surface area contributed by atoms with Gasteiger partial charge in [0.1, 0.15) is 11.6 Å². The van der Waals surface area contributed by atoms with Crippen molar-refractivity contribution in [2.45, 2.75) is 44.5 Å². The molecule has 0 unspecified atom stereocenters. The van der Waals surface area contributed by atoms with Crippen LogP contribution in [0.25, 0.3) is 0 Å². The molecule has 1 aliphatic heterocycles. The molecule has 0 radical (unpaired) electrons. The minimum atomic E-state index is -4.77. The van der Waals surface area contributed by atoms with Crippen molar-refractivity contribution in [2.75, 3.05) is 26.2 Å². The summed E-state index contributed by atoms with van der Waals surface area (Å²) in [6.45, 7) is 3.16. The Labute approximate surface area is 169 Å². The molecule has 2 fully saturated rings. The van der Waals surface area contributed by atoms with E-state index in [2.05, 4.69) is 15.0 Å². The molecule has 0 spiro atoms. The van der Waals surface area contributed by atoms with Crippen molar-refractivity contribution < 1.29 is 22.3 Å². The zero-order chi connectivity index (χ0) is 17.9. The number of piperazine rings is 1. The number of ether oxygens (including phenoxy) is 1. The Hall–Kier alpha value is -0.760. The molecule has 1 saturated heterocycles. The van der Waals surface area contributed by atoms with E-state index in [9.17, 15) is 17.6 Å². The summed E-state index contributed by atoms with van der Waals surface area (Å²) in [4.78, 5) is 2.21. The molecule has 1 heterocycles. The van der Waals surface area contributed by atoms with Crippen LogP contribution in [-0.4, -0.2) is 37.4 Å². The van der Waals surface area contributed by atoms with Gasteiger partial charge in [-0.25, -0.2) is 4.39 Å². The highest BCUT2D eigenvalue weighted by molar-refractivity contribution is 5.85. The van der Waals surface area contributed by atoms with Gasteiger partial charge in [0.2, 0.25) is 0 Å². The van der Waals surface area contributed by atoms with Crippen LogP contribution in [0.15, 0.2) is 18.2 Å². The Morgan fingerprint density at radius 1 is 1.04 bits per heavy atom. The topological polar surface area (TPSA) is 24.5 Å². The normalized spacial score (nSPS) is 20.3. The van der Waals surface area contributed by atoms with Gasteiger partial charge in [0.05, 0.1) is 0 Å². The molecule has 1 aromatic rings. The van der Waals surface area contributed by atoms with Crippen molar-refractivity contribution in [3.63, 3.8) is 0 Å². The maximum Gasteiger partial charge on any atom is 0.573 e. The molecule has 0 amide bonds. The Balaban J connectivity index is 0.00000182. The van der Waals surface area contributed by atoms with E-state index < -0.39 is 12.2 Å². The zero-order valence-electron chi connectivity index (χ0n) is 14.9. The van der Waals surface area contributed by atoms with Gasteiger partial charge in [-0.05, 0) is 37.0 Å². The number of rotatable bonds is 4. The molecule has 27 heavy (non-hydrogen) atoms. The van der Waals surface area contributed by atoms with E-state index in [4.69, 9.17) is 0 Å². The average molecular weight is 433 g/mol. The van der Waals surface area contributed by atoms with Gasteiger partial charge in [0, 0.05) is 37.8 Å². The van der Waals surface area contributed by atoms with E-state index in [1.54, 1.807) is 0 Å². The molecule has 0 bridgehead atoms. The number of nitrogens with zero attached hydrogens (tertiary/aromatic N) is 1. The Kier molecular flexibility index (Phi) is 9.62. The Morgan fingerprint density at radius 2 is 1.67 bits per heavy atom. The molecule has 1 N–H and O–H groups in total. The lowest BCUT2D eigenvalue weighted by Crippen LogP contribution is -2.47. The third-order valence-corrected chi connectivity index (χ3v) is 5.16. The highest BCUT2D eigenvalue weighted by Gasteiger charge is 2.35. The van der Waals surface area contributed by atoms with Crippen molar-refractivity contribution in [2.24, 2.45) is 5.92 Å². The van der Waals surface area contributed by atoms with Crippen molar-refractivity contribution in [3.8, 4) is 5.75 Å². The van der Waals surface area contributed by atoms with Gasteiger partial charge in [-0.2, -0.15) is 0 Å². The number of nitrogens with one attached hydrogen (secondary N) is 1. The molecule has 1 saturated carbocycles. The van der Waals surface area contributed by atoms with Crippen molar-refractivity contribution >= 4 is 24.8 Å². The molecule has 2 aliphatic rings. The summed E-state index contributed by atoms with van der Waals surface area (Å²) < 4.78 is 56.3. The molecule has 1 atom stereocenters. The summed E-state index contributed by atoms with van der Waals surface area (Å²) in [5.74, 6) is -0.536. The second-order valence-corrected chi connectivity index (χ2v) is 6.86. The lowest BCUT2D eigenvalue weighted by Gasteiger charge is -2.41. The van der Waals surface area contributed by atoms with Crippen LogP contribution in [0.5, 0.6) is 5.75 Å². The molecule has 9 heteroatoms. The fourth-order valence-electron chi connectivity index (χ4n) is 4.10. The van der Waals surface area contributed by atoms with Gasteiger partial charge in [0.25, 0.3) is 0 Å². The minimum Gasteiger partial charge on any atom is -0.406 e. The summed E-state index contributed by atoms with van der Waals surface area (Å²) in [7, 11) is 0. The van der Waals surface area contributed by atoms with Crippen LogP contribution >= 0.6 is 24.8 Å². The maximum atomic E-state index is 14.6. The Morgan fingerprint density at radius 3 is 2.26 bits per heavy atom. The molecule has 156 valence electrons. The highest BCUT2D eigenvalue weighted by atomic mass is 35.5. The van der Waals surface area contributed by atoms with E-state index in [1.165, 1.54) is 12.5 Å². The molecule has 0 aromatic heterocycles. The number of alkyl halides is 3. The van der Waals surface area contributed by atoms with Crippen LogP contribution in [-0.2, 0) is 0 Å². The Bertz CT molecular complexity index is 559. The number of hydrogen-bond acceptors (Lipinski definition) is 3. The van der Waals surface area contributed by atoms with E-state index in [1.807, 2.05) is 0 Å². The first-order valence-corrected chi connectivity index (χ1v) is 8.94. The van der Waals surface area contributed by atoms with Crippen LogP contribution in [0, 0.1) is 11.7 Å². The molecular formula is C18H26Cl2F4N2O. The fraction of sp³-hybridized carbons (Fsp3) is 0.667. The summed E-state index contributed by atoms with van der Waals surface area (Å²) in [6, 6.07) is 3.18. The monoisotopic (exact) mass is 432 g/mol. The maximum absolute atomic E-state index is 14.6. The summed E-state index contributed by atoms with van der Waals surface area (Å²) >= 11 is 0. The largest absolute Gasteiger partial charge is 0.573 e. The average Bonchev–Trinajstić information content (AvgIpc) is 2.59. The molecule has 3 nitrogen and oxygen atoms in total. The lowest BCUT2D eigenvalue weighted by atomic mass is 9.80. The van der Waals surface area contributed by atoms with Crippen molar-refractivity contribution in [1.82, 2.24) is 10.2 Å². The number of halogens is 6. The number of hydrogen-bond donors (Lipinski definition) is 1. The van der Waals surface area contributed by atoms with Gasteiger partial charge in [-0.15, -0.1) is 38.0 Å². The zero-order valence-corrected chi connectivity index (χ0v) is 16.6. The standard InChI is InChI=1S/C18H24F4N2O.2ClH/c19-16-7-6-14(25-18(20,21)22)12-15(16)17(13-4-2-1-3-5-13)24-10-8-23-9-11-24;;/h6-7,12-13,17,23H,1-5,8-11H2;2*1H/t17-;;/m0../s1. The van der Waals surface area contributed by atoms with Crippen LogP contribution in [0.4, 0.5) is 17.6 Å². The van der Waals surface area contributed by atoms with Crippen molar-refractivity contribution in [1.29, 1.82) is 0 Å². The molecular weight excluding hydrogens is 407 g/mol. The van der Waals surface area contributed by atoms with E-state index in [0.717, 1.165) is 64.0 Å². The second-order valence-electron chi connectivity index (χ2n) is 6.86. The first-order chi connectivity index (χ1) is 11.9. The van der Waals surface area contributed by atoms with E-state index in [-0.39, 0.29) is 42.5 Å². The van der Waals surface area contributed by atoms with Gasteiger partial charge in [-0.1, -0.05) is 19.3 Å². The predicted octanol–water partition coefficient (Wildman–Crippen LogP) is 5.09. The summed E-state index contributed by atoms with van der Waals surface area (Å²) in [5, 5.41) is 3.27. The third-order valence-electron chi connectivity index (χ3n) is 5.16. The molecule has 3 rings (SSSR count). The molecule has 1 aliphatic carbocycles. The minimum absolute atomic E-state index is 0.